The minimum atomic E-state index is 0.0768. The van der Waals surface area contributed by atoms with Crippen LogP contribution in [0.3, 0.4) is 0 Å². The Balaban J connectivity index is 1.29. The molecule has 280 valence electrons. The number of rotatable bonds is 8. The van der Waals surface area contributed by atoms with Gasteiger partial charge in [0.15, 0.2) is 0 Å². The number of aromatic nitrogens is 3. The molecule has 9 aromatic rings. The summed E-state index contributed by atoms with van der Waals surface area (Å²) in [7, 11) is 0. The molecule has 0 bridgehead atoms. The zero-order valence-electron chi connectivity index (χ0n) is 32.2. The third kappa shape index (κ3) is 7.03. The van der Waals surface area contributed by atoms with Crippen molar-refractivity contribution in [2.75, 3.05) is 4.90 Å². The first kappa shape index (κ1) is 36.3. The summed E-state index contributed by atoms with van der Waals surface area (Å²) >= 11 is 2.50. The van der Waals surface area contributed by atoms with E-state index in [2.05, 4.69) is 236 Å². The van der Waals surface area contributed by atoms with E-state index in [1.807, 2.05) is 18.3 Å². The number of hydrogen-bond donors (Lipinski definition) is 0. The molecule has 5 heteroatoms. The van der Waals surface area contributed by atoms with E-state index in [4.69, 9.17) is 4.98 Å². The molecule has 0 fully saturated rings. The summed E-state index contributed by atoms with van der Waals surface area (Å²) in [6.07, 6.45) is 1.86. The zero-order valence-corrected chi connectivity index (χ0v) is 34.4. The van der Waals surface area contributed by atoms with E-state index in [-0.39, 0.29) is 5.41 Å². The van der Waals surface area contributed by atoms with Crippen molar-refractivity contribution < 1.29 is 19.4 Å². The first-order valence-electron chi connectivity index (χ1n) is 19.3. The summed E-state index contributed by atoms with van der Waals surface area (Å²) in [4.78, 5) is 7.17. The van der Waals surface area contributed by atoms with E-state index in [1.165, 1.54) is 5.56 Å². The number of hydrogen-bond acceptors (Lipinski definition) is 2. The van der Waals surface area contributed by atoms with Gasteiger partial charge in [-0.3, -0.25) is 0 Å². The van der Waals surface area contributed by atoms with Crippen molar-refractivity contribution in [1.29, 1.82) is 0 Å². The fourth-order valence-electron chi connectivity index (χ4n) is 7.71. The van der Waals surface area contributed by atoms with Crippen molar-refractivity contribution in [3.8, 4) is 44.9 Å². The monoisotopic (exact) mass is 917 g/mol. The predicted molar refractivity (Wildman–Crippen MR) is 233 cm³/mol. The van der Waals surface area contributed by atoms with Gasteiger partial charge in [-0.1, -0.05) is 0 Å². The summed E-state index contributed by atoms with van der Waals surface area (Å²) < 4.78 is 5.83. The van der Waals surface area contributed by atoms with Gasteiger partial charge in [-0.25, -0.2) is 0 Å². The van der Waals surface area contributed by atoms with Crippen molar-refractivity contribution in [2.24, 2.45) is 0 Å². The summed E-state index contributed by atoms with van der Waals surface area (Å²) in [5.41, 5.74) is 15.6. The Morgan fingerprint density at radius 1 is 0.474 bits per heavy atom. The first-order chi connectivity index (χ1) is 27.8. The second-order valence-corrected chi connectivity index (χ2v) is 16.3. The van der Waals surface area contributed by atoms with Gasteiger partial charge in [0.25, 0.3) is 0 Å². The van der Waals surface area contributed by atoms with Crippen LogP contribution in [-0.4, -0.2) is 14.1 Å². The number of nitrogens with zero attached hydrogens (tertiary/aromatic N) is 4. The molecule has 0 saturated heterocycles. The van der Waals surface area contributed by atoms with Crippen LogP contribution in [0.15, 0.2) is 200 Å². The Labute approximate surface area is 345 Å². The second-order valence-electron chi connectivity index (χ2n) is 15.3. The van der Waals surface area contributed by atoms with Crippen LogP contribution in [0.4, 0.5) is 17.1 Å². The molecule has 9 rings (SSSR count). The number of pyridine rings is 1. The molecule has 0 N–H and O–H groups in total. The second kappa shape index (κ2) is 15.3. The van der Waals surface area contributed by atoms with E-state index < -0.39 is 0 Å². The van der Waals surface area contributed by atoms with Crippen LogP contribution in [0.2, 0.25) is 0 Å². The average molecular weight is 918 g/mol. The fraction of sp³-hybridized carbons (Fsp3) is 0.0769. The molecule has 0 saturated carbocycles. The van der Waals surface area contributed by atoms with E-state index >= 15 is 0 Å². The molecule has 0 amide bonds. The molecule has 7 aromatic carbocycles. The molecule has 0 spiro atoms. The van der Waals surface area contributed by atoms with Crippen LogP contribution in [0.25, 0.3) is 55.9 Å². The van der Waals surface area contributed by atoms with E-state index in [0.717, 1.165) is 76.8 Å². The molecule has 4 nitrogen and oxygen atoms in total. The third-order valence-electron chi connectivity index (χ3n) is 10.5. The Morgan fingerprint density at radius 3 is 1.60 bits per heavy atom. The third-order valence-corrected chi connectivity index (χ3v) is 11.6. The van der Waals surface area contributed by atoms with Crippen LogP contribution < -0.4 is 4.90 Å². The molecular formula is C52H42N4Pt. The summed E-state index contributed by atoms with van der Waals surface area (Å²) in [6.45, 7) is 6.78. The number of fused-ring (bicyclic) bond motifs is 1. The van der Waals surface area contributed by atoms with Crippen molar-refractivity contribution in [3.63, 3.8) is 0 Å². The van der Waals surface area contributed by atoms with Gasteiger partial charge in [-0.2, -0.15) is 0 Å². The molecular weight excluding hydrogens is 876 g/mol. The van der Waals surface area contributed by atoms with Crippen LogP contribution in [0.5, 0.6) is 0 Å². The van der Waals surface area contributed by atoms with Gasteiger partial charge in [0.05, 0.1) is 0 Å². The van der Waals surface area contributed by atoms with Gasteiger partial charge in [-0.05, 0) is 6.07 Å². The van der Waals surface area contributed by atoms with Crippen LogP contribution in [0, 0.1) is 3.80 Å². The summed E-state index contributed by atoms with van der Waals surface area (Å²) in [5, 5.41) is 0. The standard InChI is InChI=1S/C52H42N4.Pt/c1-52(2,3)41-30-32-42(33-31-41)54-37-55(50-29-11-10-28-49(50)54)43-22-15-24-45(36-43)56(44-23-14-21-40(35-44)48-27-12-13-34-53-48)51-46(38-17-6-4-7-18-38)25-16-26-47(51)39-19-8-5-9-20-39;/h4-36H,1-3H3;. The minimum absolute atomic E-state index is 0.0768. The average Bonchev–Trinajstić information content (AvgIpc) is 3.56. The van der Waals surface area contributed by atoms with Crippen LogP contribution >= 0.6 is 0 Å². The summed E-state index contributed by atoms with van der Waals surface area (Å²) in [5.74, 6) is 0. The van der Waals surface area contributed by atoms with Gasteiger partial charge in [0, 0.05) is 0 Å². The first-order valence-corrected chi connectivity index (χ1v) is 20.4. The van der Waals surface area contributed by atoms with Gasteiger partial charge < -0.3 is 0 Å². The Bertz CT molecular complexity index is 2830. The molecule has 2 heterocycles. The topological polar surface area (TPSA) is 26.0 Å². The zero-order chi connectivity index (χ0) is 38.9. The van der Waals surface area contributed by atoms with Crippen molar-refractivity contribution in [2.45, 2.75) is 26.2 Å². The predicted octanol–water partition coefficient (Wildman–Crippen LogP) is 13.7. The van der Waals surface area contributed by atoms with Gasteiger partial charge in [0.1, 0.15) is 0 Å². The van der Waals surface area contributed by atoms with Crippen LogP contribution in [-0.2, 0) is 24.8 Å². The SMILES string of the molecule is CC(C)(C)c1ccc(-n2[c](=[Pt])n(-c3cccc(N(c4cccc(-c5ccccn5)c4)c4c(-c5ccccc5)cccc4-c4ccccc4)c3)c3ccccc32)cc1. The van der Waals surface area contributed by atoms with Gasteiger partial charge in [0.2, 0.25) is 0 Å². The van der Waals surface area contributed by atoms with Crippen molar-refractivity contribution >= 4 is 28.1 Å². The number of imidazole rings is 1. The molecule has 0 atom stereocenters. The number of benzene rings is 7. The molecule has 0 radical (unpaired) electrons. The van der Waals surface area contributed by atoms with Crippen LogP contribution in [0.1, 0.15) is 26.3 Å². The Morgan fingerprint density at radius 2 is 1.00 bits per heavy atom. The molecule has 0 aliphatic carbocycles. The summed E-state index contributed by atoms with van der Waals surface area (Å²) in [6, 6.07) is 69.6. The Hall–Kier alpha value is -6.35. The number of para-hydroxylation sites is 3. The fourth-order valence-corrected chi connectivity index (χ4v) is 8.85. The molecule has 2 aromatic heterocycles. The normalized spacial score (nSPS) is 11.5. The van der Waals surface area contributed by atoms with E-state index in [0.29, 0.717) is 0 Å². The Kier molecular flexibility index (Phi) is 9.74. The number of anilines is 3. The maximum absolute atomic E-state index is 4.74. The van der Waals surface area contributed by atoms with E-state index in [1.54, 1.807) is 0 Å². The van der Waals surface area contributed by atoms with Crippen molar-refractivity contribution in [3.05, 3.63) is 210 Å². The van der Waals surface area contributed by atoms with Gasteiger partial charge in [-0.15, -0.1) is 0 Å². The van der Waals surface area contributed by atoms with Crippen molar-refractivity contribution in [1.82, 2.24) is 14.1 Å². The van der Waals surface area contributed by atoms with E-state index in [9.17, 15) is 0 Å². The maximum atomic E-state index is 4.74. The molecule has 0 unspecified atom stereocenters. The molecule has 0 aliphatic heterocycles. The van der Waals surface area contributed by atoms with Gasteiger partial charge >= 0.3 is 341 Å². The quantitative estimate of drug-likeness (QED) is 0.152. The molecule has 0 aliphatic rings. The molecule has 57 heavy (non-hydrogen) atoms.